The zero-order valence-corrected chi connectivity index (χ0v) is 13.5. The Morgan fingerprint density at radius 3 is 1.79 bits per heavy atom. The lowest BCUT2D eigenvalue weighted by atomic mass is 9.99. The van der Waals surface area contributed by atoms with Gasteiger partial charge in [-0.2, -0.15) is 10.5 Å². The molecule has 0 saturated heterocycles. The summed E-state index contributed by atoms with van der Waals surface area (Å²) in [4.78, 5) is 0. The van der Waals surface area contributed by atoms with Crippen molar-refractivity contribution in [3.63, 3.8) is 0 Å². The van der Waals surface area contributed by atoms with Crippen molar-refractivity contribution in [2.45, 2.75) is 0 Å². The highest BCUT2D eigenvalue weighted by atomic mass is 16.5. The van der Waals surface area contributed by atoms with Crippen molar-refractivity contribution in [1.29, 1.82) is 10.5 Å². The summed E-state index contributed by atoms with van der Waals surface area (Å²) >= 11 is 0. The maximum Gasteiger partial charge on any atom is 0.137 e. The fourth-order valence-electron chi connectivity index (χ4n) is 2.13. The summed E-state index contributed by atoms with van der Waals surface area (Å²) in [7, 11) is 3.20. The maximum atomic E-state index is 9.22. The molecule has 0 aliphatic rings. The minimum atomic E-state index is 0.0601. The van der Waals surface area contributed by atoms with Gasteiger partial charge in [-0.1, -0.05) is 36.4 Å². The maximum absolute atomic E-state index is 9.22. The highest BCUT2D eigenvalue weighted by molar-refractivity contribution is 5.85. The second kappa shape index (κ2) is 8.22. The fraction of sp³-hybridized carbons (Fsp3) is 0.100. The molecule has 2 aromatic carbocycles. The smallest absolute Gasteiger partial charge is 0.137 e. The third kappa shape index (κ3) is 4.03. The van der Waals surface area contributed by atoms with Gasteiger partial charge in [0.2, 0.25) is 0 Å². The van der Waals surface area contributed by atoms with Gasteiger partial charge in [-0.15, -0.1) is 0 Å². The van der Waals surface area contributed by atoms with E-state index in [0.29, 0.717) is 11.3 Å². The molecular weight excluding hydrogens is 300 g/mol. The molecule has 24 heavy (non-hydrogen) atoms. The largest absolute Gasteiger partial charge is 0.497 e. The van der Waals surface area contributed by atoms with Crippen LogP contribution < -0.4 is 9.47 Å². The van der Waals surface area contributed by atoms with Crippen molar-refractivity contribution < 1.29 is 9.47 Å². The first-order valence-corrected chi connectivity index (χ1v) is 7.23. The molecule has 4 heteroatoms. The van der Waals surface area contributed by atoms with Crippen molar-refractivity contribution in [1.82, 2.24) is 0 Å². The number of rotatable bonds is 5. The van der Waals surface area contributed by atoms with Crippen molar-refractivity contribution in [2.24, 2.45) is 0 Å². The first kappa shape index (κ1) is 16.9. The summed E-state index contributed by atoms with van der Waals surface area (Å²) in [5, 5.41) is 18.4. The Kier molecular flexibility index (Phi) is 5.77. The highest BCUT2D eigenvalue weighted by Crippen LogP contribution is 2.24. The average Bonchev–Trinajstić information content (AvgIpc) is 2.65. The summed E-state index contributed by atoms with van der Waals surface area (Å²) < 4.78 is 10.3. The van der Waals surface area contributed by atoms with E-state index in [9.17, 15) is 10.5 Å². The average molecular weight is 316 g/mol. The van der Waals surface area contributed by atoms with E-state index < -0.39 is 0 Å². The molecule has 0 aliphatic carbocycles. The van der Waals surface area contributed by atoms with Crippen LogP contribution in [-0.2, 0) is 0 Å². The van der Waals surface area contributed by atoms with E-state index in [0.717, 1.165) is 16.9 Å². The van der Waals surface area contributed by atoms with Gasteiger partial charge in [-0.05, 0) is 35.4 Å². The predicted molar refractivity (Wildman–Crippen MR) is 93.2 cm³/mol. The van der Waals surface area contributed by atoms with Crippen LogP contribution in [0.4, 0.5) is 0 Å². The van der Waals surface area contributed by atoms with Gasteiger partial charge < -0.3 is 9.47 Å². The van der Waals surface area contributed by atoms with Crippen LogP contribution in [0, 0.1) is 22.7 Å². The monoisotopic (exact) mass is 316 g/mol. The van der Waals surface area contributed by atoms with Gasteiger partial charge in [-0.25, -0.2) is 0 Å². The molecule has 0 spiro atoms. The topological polar surface area (TPSA) is 66.0 Å². The van der Waals surface area contributed by atoms with Gasteiger partial charge in [0.1, 0.15) is 29.2 Å². The van der Waals surface area contributed by atoms with Crippen LogP contribution in [0.1, 0.15) is 11.1 Å². The number of benzene rings is 2. The number of allylic oxidation sites excluding steroid dienone is 3. The summed E-state index contributed by atoms with van der Waals surface area (Å²) in [5.41, 5.74) is 2.35. The van der Waals surface area contributed by atoms with E-state index in [1.165, 1.54) is 0 Å². The zero-order chi connectivity index (χ0) is 17.4. The fourth-order valence-corrected chi connectivity index (χ4v) is 2.13. The Morgan fingerprint density at radius 1 is 0.833 bits per heavy atom. The number of ether oxygens (including phenoxy) is 2. The van der Waals surface area contributed by atoms with E-state index in [1.807, 2.05) is 54.6 Å². The Morgan fingerprint density at radius 2 is 1.33 bits per heavy atom. The number of hydrogen-bond acceptors (Lipinski definition) is 4. The number of nitrogens with zero attached hydrogens (tertiary/aromatic N) is 2. The van der Waals surface area contributed by atoms with Gasteiger partial charge >= 0.3 is 0 Å². The standard InChI is InChI=1S/C20H16N2O2/c1-23-18-8-3-15(4-9-18)5-12-20(17(13-21)14-22)16-6-10-19(24-2)11-7-16/h3-12H,1-2H3/b12-5+. The molecule has 2 rings (SSSR count). The zero-order valence-electron chi connectivity index (χ0n) is 13.5. The van der Waals surface area contributed by atoms with Gasteiger partial charge in [0.15, 0.2) is 0 Å². The first-order valence-electron chi connectivity index (χ1n) is 7.23. The Labute approximate surface area is 141 Å². The second-order valence-electron chi connectivity index (χ2n) is 4.85. The summed E-state index contributed by atoms with van der Waals surface area (Å²) in [6.07, 6.45) is 3.62. The van der Waals surface area contributed by atoms with Gasteiger partial charge in [0.05, 0.1) is 14.2 Å². The minimum Gasteiger partial charge on any atom is -0.497 e. The first-order chi connectivity index (χ1) is 11.7. The van der Waals surface area contributed by atoms with E-state index in [4.69, 9.17) is 9.47 Å². The molecule has 4 nitrogen and oxygen atoms in total. The van der Waals surface area contributed by atoms with Crippen LogP contribution in [0.2, 0.25) is 0 Å². The molecule has 0 amide bonds. The van der Waals surface area contributed by atoms with Crippen molar-refractivity contribution in [3.8, 4) is 23.6 Å². The SMILES string of the molecule is COc1ccc(/C=C/C(=C(C#N)C#N)c2ccc(OC)cc2)cc1. The molecule has 2 aromatic rings. The number of nitriles is 2. The molecule has 0 saturated carbocycles. The van der Waals surface area contributed by atoms with Crippen LogP contribution in [0.15, 0.2) is 60.2 Å². The highest BCUT2D eigenvalue weighted by Gasteiger charge is 2.07. The minimum absolute atomic E-state index is 0.0601. The van der Waals surface area contributed by atoms with E-state index >= 15 is 0 Å². The Bertz CT molecular complexity index is 817. The lowest BCUT2D eigenvalue weighted by Crippen LogP contribution is -1.88. The molecule has 0 aromatic heterocycles. The van der Waals surface area contributed by atoms with E-state index in [1.54, 1.807) is 32.4 Å². The van der Waals surface area contributed by atoms with Crippen molar-refractivity contribution in [3.05, 3.63) is 71.3 Å². The molecule has 0 N–H and O–H groups in total. The normalized spacial score (nSPS) is 9.83. The molecule has 0 radical (unpaired) electrons. The Hall–Kier alpha value is -3.50. The molecule has 0 heterocycles. The third-order valence-corrected chi connectivity index (χ3v) is 3.45. The Balaban J connectivity index is 2.40. The molecular formula is C20H16N2O2. The van der Waals surface area contributed by atoms with Crippen molar-refractivity contribution in [2.75, 3.05) is 14.2 Å². The van der Waals surface area contributed by atoms with Crippen LogP contribution >= 0.6 is 0 Å². The van der Waals surface area contributed by atoms with Crippen molar-refractivity contribution >= 4 is 11.6 Å². The van der Waals surface area contributed by atoms with E-state index in [2.05, 4.69) is 0 Å². The quantitative estimate of drug-likeness (QED) is 0.612. The summed E-state index contributed by atoms with van der Waals surface area (Å²) in [6.45, 7) is 0. The number of methoxy groups -OCH3 is 2. The molecule has 0 bridgehead atoms. The van der Waals surface area contributed by atoms with Crippen LogP contribution in [0.5, 0.6) is 11.5 Å². The lowest BCUT2D eigenvalue weighted by molar-refractivity contribution is 0.414. The predicted octanol–water partition coefficient (Wildman–Crippen LogP) is 4.22. The molecule has 118 valence electrons. The molecule has 0 atom stereocenters. The summed E-state index contributed by atoms with van der Waals surface area (Å²) in [5.74, 6) is 1.49. The molecule has 0 fully saturated rings. The van der Waals surface area contributed by atoms with Gasteiger partial charge in [0.25, 0.3) is 0 Å². The molecule has 0 unspecified atom stereocenters. The van der Waals surface area contributed by atoms with Gasteiger partial charge in [-0.3, -0.25) is 0 Å². The van der Waals surface area contributed by atoms with Crippen LogP contribution in [-0.4, -0.2) is 14.2 Å². The third-order valence-electron chi connectivity index (χ3n) is 3.45. The summed E-state index contributed by atoms with van der Waals surface area (Å²) in [6, 6.07) is 18.6. The van der Waals surface area contributed by atoms with Crippen LogP contribution in [0.3, 0.4) is 0 Å². The van der Waals surface area contributed by atoms with E-state index in [-0.39, 0.29) is 5.57 Å². The molecule has 0 aliphatic heterocycles. The number of hydrogen-bond donors (Lipinski definition) is 0. The van der Waals surface area contributed by atoms with Crippen LogP contribution in [0.25, 0.3) is 11.6 Å². The lowest BCUT2D eigenvalue weighted by Gasteiger charge is -2.05. The van der Waals surface area contributed by atoms with Gasteiger partial charge in [0, 0.05) is 5.57 Å². The second-order valence-corrected chi connectivity index (χ2v) is 4.85.